The molecule has 2 rings (SSSR count). The molecule has 2 N–H and O–H groups in total. The molecule has 1 aromatic heterocycles. The number of thiocarbonyl (C=S) groups is 1. The molecule has 0 aliphatic heterocycles. The highest BCUT2D eigenvalue weighted by Crippen LogP contribution is 2.09. The summed E-state index contributed by atoms with van der Waals surface area (Å²) in [4.78, 5) is 12.0. The number of hydrogen-bond donors (Lipinski definition) is 1. The monoisotopic (exact) mass is 280 g/mol. The van der Waals surface area contributed by atoms with E-state index in [1.165, 1.54) is 29.0 Å². The standard InChI is InChI=1S/C13H10F2N2OS/c14-9-4-8(5-10(15)6-9)7-17-3-1-2-11(12(16)19)13(17)18/h1-6H,7H2,(H2,16,19). The van der Waals surface area contributed by atoms with Gasteiger partial charge in [-0.2, -0.15) is 0 Å². The van der Waals surface area contributed by atoms with Crippen molar-refractivity contribution in [2.45, 2.75) is 6.54 Å². The van der Waals surface area contributed by atoms with Gasteiger partial charge in [-0.05, 0) is 29.8 Å². The predicted molar refractivity (Wildman–Crippen MR) is 72.0 cm³/mol. The number of hydrogen-bond acceptors (Lipinski definition) is 2. The molecule has 0 aliphatic carbocycles. The van der Waals surface area contributed by atoms with Crippen LogP contribution >= 0.6 is 12.2 Å². The lowest BCUT2D eigenvalue weighted by atomic mass is 10.2. The summed E-state index contributed by atoms with van der Waals surface area (Å²) < 4.78 is 27.4. The Hall–Kier alpha value is -2.08. The molecule has 0 bridgehead atoms. The third-order valence-corrected chi connectivity index (χ3v) is 2.78. The van der Waals surface area contributed by atoms with Crippen LogP contribution in [-0.4, -0.2) is 9.56 Å². The molecule has 3 nitrogen and oxygen atoms in total. The summed E-state index contributed by atoms with van der Waals surface area (Å²) in [6.45, 7) is 0.0456. The average Bonchev–Trinajstić information content (AvgIpc) is 2.30. The van der Waals surface area contributed by atoms with Crippen molar-refractivity contribution in [3.8, 4) is 0 Å². The highest BCUT2D eigenvalue weighted by molar-refractivity contribution is 7.80. The van der Waals surface area contributed by atoms with Gasteiger partial charge in [0.15, 0.2) is 0 Å². The van der Waals surface area contributed by atoms with E-state index in [1.54, 1.807) is 6.07 Å². The van der Waals surface area contributed by atoms with Crippen LogP contribution in [0.5, 0.6) is 0 Å². The molecule has 0 amide bonds. The van der Waals surface area contributed by atoms with Gasteiger partial charge in [0.2, 0.25) is 0 Å². The van der Waals surface area contributed by atoms with E-state index >= 15 is 0 Å². The van der Waals surface area contributed by atoms with Crippen molar-refractivity contribution in [1.82, 2.24) is 4.57 Å². The first kappa shape index (κ1) is 13.4. The van der Waals surface area contributed by atoms with Gasteiger partial charge >= 0.3 is 0 Å². The maximum atomic E-state index is 13.1. The number of benzene rings is 1. The second-order valence-corrected chi connectivity index (χ2v) is 4.44. The smallest absolute Gasteiger partial charge is 0.261 e. The largest absolute Gasteiger partial charge is 0.389 e. The van der Waals surface area contributed by atoms with Gasteiger partial charge in [0, 0.05) is 12.3 Å². The summed E-state index contributed by atoms with van der Waals surface area (Å²) in [6, 6.07) is 6.22. The molecule has 1 aromatic carbocycles. The summed E-state index contributed by atoms with van der Waals surface area (Å²) in [5.74, 6) is -1.37. The van der Waals surface area contributed by atoms with Crippen LogP contribution in [0.3, 0.4) is 0 Å². The fraction of sp³-hybridized carbons (Fsp3) is 0.0769. The first-order valence-electron chi connectivity index (χ1n) is 5.41. The number of aromatic nitrogens is 1. The molecule has 0 fully saturated rings. The Balaban J connectivity index is 2.41. The topological polar surface area (TPSA) is 48.0 Å². The highest BCUT2D eigenvalue weighted by Gasteiger charge is 2.07. The van der Waals surface area contributed by atoms with Gasteiger partial charge in [0.1, 0.15) is 16.6 Å². The van der Waals surface area contributed by atoms with E-state index in [4.69, 9.17) is 18.0 Å². The number of nitrogens with two attached hydrogens (primary N) is 1. The molecule has 0 spiro atoms. The molecule has 0 aliphatic rings. The highest BCUT2D eigenvalue weighted by atomic mass is 32.1. The molecule has 98 valence electrons. The number of halogens is 2. The zero-order chi connectivity index (χ0) is 14.0. The Bertz CT molecular complexity index is 677. The van der Waals surface area contributed by atoms with Gasteiger partial charge in [-0.15, -0.1) is 0 Å². The molecule has 1 heterocycles. The summed E-state index contributed by atoms with van der Waals surface area (Å²) in [6.07, 6.45) is 1.51. The zero-order valence-electron chi connectivity index (χ0n) is 9.77. The van der Waals surface area contributed by atoms with Gasteiger partial charge in [0.25, 0.3) is 5.56 Å². The fourth-order valence-electron chi connectivity index (χ4n) is 1.75. The minimum absolute atomic E-state index is 0.00947. The molecule has 0 radical (unpaired) electrons. The van der Waals surface area contributed by atoms with Crippen molar-refractivity contribution in [2.75, 3.05) is 0 Å². The third-order valence-electron chi connectivity index (χ3n) is 2.56. The van der Waals surface area contributed by atoms with E-state index in [9.17, 15) is 13.6 Å². The Labute approximate surface area is 113 Å². The van der Waals surface area contributed by atoms with Crippen LogP contribution < -0.4 is 11.3 Å². The van der Waals surface area contributed by atoms with Crippen LogP contribution in [0.25, 0.3) is 0 Å². The maximum absolute atomic E-state index is 13.1. The molecular formula is C13H10F2N2OS. The van der Waals surface area contributed by atoms with Gasteiger partial charge in [0.05, 0.1) is 12.1 Å². The first-order chi connectivity index (χ1) is 8.97. The summed E-state index contributed by atoms with van der Waals surface area (Å²) in [5, 5.41) is 0. The molecule has 0 unspecified atom stereocenters. The average molecular weight is 280 g/mol. The SMILES string of the molecule is NC(=S)c1cccn(Cc2cc(F)cc(F)c2)c1=O. The Morgan fingerprint density at radius 1 is 1.26 bits per heavy atom. The Morgan fingerprint density at radius 3 is 2.47 bits per heavy atom. The fourth-order valence-corrected chi connectivity index (χ4v) is 1.90. The van der Waals surface area contributed by atoms with Crippen molar-refractivity contribution in [1.29, 1.82) is 0 Å². The van der Waals surface area contributed by atoms with Crippen LogP contribution in [0.15, 0.2) is 41.3 Å². The van der Waals surface area contributed by atoms with E-state index in [0.717, 1.165) is 6.07 Å². The molecule has 0 saturated heterocycles. The lowest BCUT2D eigenvalue weighted by molar-refractivity contribution is 0.577. The van der Waals surface area contributed by atoms with Crippen LogP contribution in [0.2, 0.25) is 0 Å². The minimum Gasteiger partial charge on any atom is -0.389 e. The van der Waals surface area contributed by atoms with Crippen molar-refractivity contribution >= 4 is 17.2 Å². The van der Waals surface area contributed by atoms with Gasteiger partial charge < -0.3 is 10.3 Å². The van der Waals surface area contributed by atoms with E-state index < -0.39 is 11.6 Å². The van der Waals surface area contributed by atoms with Crippen LogP contribution in [0.4, 0.5) is 8.78 Å². The summed E-state index contributed by atoms with van der Waals surface area (Å²) in [7, 11) is 0. The van der Waals surface area contributed by atoms with E-state index in [1.807, 2.05) is 0 Å². The lowest BCUT2D eigenvalue weighted by Crippen LogP contribution is -2.28. The van der Waals surface area contributed by atoms with E-state index in [0.29, 0.717) is 5.56 Å². The second-order valence-electron chi connectivity index (χ2n) is 4.00. The normalized spacial score (nSPS) is 10.4. The molecule has 6 heteroatoms. The molecule has 19 heavy (non-hydrogen) atoms. The zero-order valence-corrected chi connectivity index (χ0v) is 10.6. The van der Waals surface area contributed by atoms with Gasteiger partial charge in [-0.1, -0.05) is 12.2 Å². The summed E-state index contributed by atoms with van der Waals surface area (Å²) >= 11 is 4.76. The van der Waals surface area contributed by atoms with Crippen molar-refractivity contribution < 1.29 is 8.78 Å². The van der Waals surface area contributed by atoms with Gasteiger partial charge in [-0.3, -0.25) is 4.79 Å². The third kappa shape index (κ3) is 3.03. The molecular weight excluding hydrogens is 270 g/mol. The molecule has 0 atom stereocenters. The predicted octanol–water partition coefficient (Wildman–Crippen LogP) is 1.81. The van der Waals surface area contributed by atoms with Crippen LogP contribution in [0.1, 0.15) is 11.1 Å². The quantitative estimate of drug-likeness (QED) is 0.872. The van der Waals surface area contributed by atoms with Crippen LogP contribution in [0, 0.1) is 11.6 Å². The van der Waals surface area contributed by atoms with Gasteiger partial charge in [-0.25, -0.2) is 8.78 Å². The van der Waals surface area contributed by atoms with Crippen molar-refractivity contribution in [3.05, 3.63) is 69.6 Å². The molecule has 0 saturated carbocycles. The maximum Gasteiger partial charge on any atom is 0.261 e. The van der Waals surface area contributed by atoms with E-state index in [-0.39, 0.29) is 22.7 Å². The first-order valence-corrected chi connectivity index (χ1v) is 5.82. The lowest BCUT2D eigenvalue weighted by Gasteiger charge is -2.08. The number of pyridine rings is 1. The van der Waals surface area contributed by atoms with Crippen LogP contribution in [-0.2, 0) is 6.54 Å². The van der Waals surface area contributed by atoms with Crippen molar-refractivity contribution in [3.63, 3.8) is 0 Å². The Morgan fingerprint density at radius 2 is 1.89 bits per heavy atom. The van der Waals surface area contributed by atoms with E-state index in [2.05, 4.69) is 0 Å². The molecule has 2 aromatic rings. The second kappa shape index (κ2) is 5.27. The van der Waals surface area contributed by atoms with Crippen molar-refractivity contribution in [2.24, 2.45) is 5.73 Å². The number of nitrogens with zero attached hydrogens (tertiary/aromatic N) is 1. The Kier molecular flexibility index (Phi) is 3.71. The summed E-state index contributed by atoms with van der Waals surface area (Å²) in [5.41, 5.74) is 5.58. The minimum atomic E-state index is -0.687. The number of rotatable bonds is 3.